The van der Waals surface area contributed by atoms with E-state index in [4.69, 9.17) is 24.2 Å². The van der Waals surface area contributed by atoms with E-state index in [1.165, 1.54) is 14.2 Å². The third-order valence-electron chi connectivity index (χ3n) is 12.9. The van der Waals surface area contributed by atoms with Crippen molar-refractivity contribution in [3.8, 4) is 22.4 Å². The van der Waals surface area contributed by atoms with Crippen LogP contribution in [0.2, 0.25) is 0 Å². The van der Waals surface area contributed by atoms with Gasteiger partial charge < -0.3 is 44.6 Å². The van der Waals surface area contributed by atoms with Gasteiger partial charge in [-0.15, -0.1) is 0 Å². The molecular weight excluding hydrogens is 789 g/mol. The molecule has 3 aromatic carbocycles. The van der Waals surface area contributed by atoms with Gasteiger partial charge in [0.15, 0.2) is 0 Å². The number of nitrogens with zero attached hydrogens (tertiary/aromatic N) is 4. The maximum Gasteiger partial charge on any atom is 0.407 e. The number of rotatable bonds is 10. The molecular formula is C47H52N8O7. The van der Waals surface area contributed by atoms with Crippen LogP contribution in [0.25, 0.3) is 44.2 Å². The van der Waals surface area contributed by atoms with Crippen molar-refractivity contribution in [2.45, 2.75) is 75.5 Å². The summed E-state index contributed by atoms with van der Waals surface area (Å²) in [6, 6.07) is 16.7. The Bertz CT molecular complexity index is 2550. The van der Waals surface area contributed by atoms with Crippen LogP contribution in [0.1, 0.15) is 75.1 Å². The number of nitrogens with one attached hydrogen (secondary N) is 4. The van der Waals surface area contributed by atoms with E-state index in [9.17, 15) is 19.2 Å². The third-order valence-corrected chi connectivity index (χ3v) is 12.9. The molecule has 0 unspecified atom stereocenters. The van der Waals surface area contributed by atoms with E-state index in [-0.39, 0.29) is 23.8 Å². The molecule has 2 saturated heterocycles. The van der Waals surface area contributed by atoms with Crippen molar-refractivity contribution >= 4 is 45.8 Å². The van der Waals surface area contributed by atoms with Gasteiger partial charge >= 0.3 is 12.2 Å². The average Bonchev–Trinajstić information content (AvgIpc) is 4.17. The van der Waals surface area contributed by atoms with Crippen LogP contribution in [0.4, 0.5) is 9.59 Å². The van der Waals surface area contributed by atoms with Crippen LogP contribution < -0.4 is 10.6 Å². The summed E-state index contributed by atoms with van der Waals surface area (Å²) >= 11 is 0. The van der Waals surface area contributed by atoms with E-state index in [1.807, 2.05) is 35.4 Å². The number of morpholine rings is 1. The van der Waals surface area contributed by atoms with E-state index >= 15 is 0 Å². The molecule has 4 atom stereocenters. The fraction of sp³-hybridized carbons (Fsp3) is 0.404. The van der Waals surface area contributed by atoms with Crippen LogP contribution in [0.3, 0.4) is 0 Å². The fourth-order valence-electron chi connectivity index (χ4n) is 9.57. The van der Waals surface area contributed by atoms with Gasteiger partial charge in [0.1, 0.15) is 29.8 Å². The number of carbonyl (C=O) groups is 4. The van der Waals surface area contributed by atoms with E-state index in [2.05, 4.69) is 69.1 Å². The van der Waals surface area contributed by atoms with E-state index in [0.29, 0.717) is 50.8 Å². The second kappa shape index (κ2) is 17.9. The number of H-pyrrole nitrogens is 2. The fourth-order valence-corrected chi connectivity index (χ4v) is 9.57. The molecule has 0 spiro atoms. The van der Waals surface area contributed by atoms with Crippen molar-refractivity contribution < 1.29 is 33.4 Å². The van der Waals surface area contributed by atoms with Gasteiger partial charge in [0.05, 0.1) is 56.4 Å². The highest BCUT2D eigenvalue weighted by atomic mass is 16.5. The number of benzene rings is 3. The number of hydrogen-bond donors (Lipinski definition) is 4. The Morgan fingerprint density at radius 2 is 1.50 bits per heavy atom. The molecule has 2 aliphatic carbocycles. The summed E-state index contributed by atoms with van der Waals surface area (Å²) in [7, 11) is 2.61. The zero-order valence-corrected chi connectivity index (χ0v) is 35.0. The molecule has 4 N–H and O–H groups in total. The van der Waals surface area contributed by atoms with Crippen LogP contribution >= 0.6 is 0 Å². The number of allylic oxidation sites excluding steroid dienone is 3. The Balaban J connectivity index is 0.912. The molecule has 62 heavy (non-hydrogen) atoms. The van der Waals surface area contributed by atoms with Crippen molar-refractivity contribution in [2.24, 2.45) is 5.92 Å². The summed E-state index contributed by atoms with van der Waals surface area (Å²) < 4.78 is 15.6. The highest BCUT2D eigenvalue weighted by Gasteiger charge is 2.40. The van der Waals surface area contributed by atoms with Crippen molar-refractivity contribution in [3.63, 3.8) is 0 Å². The first-order valence-corrected chi connectivity index (χ1v) is 21.6. The van der Waals surface area contributed by atoms with Crippen molar-refractivity contribution in [1.29, 1.82) is 0 Å². The topological polar surface area (TPSA) is 184 Å². The lowest BCUT2D eigenvalue weighted by Gasteiger charge is -2.38. The zero-order valence-electron chi connectivity index (χ0n) is 35.0. The van der Waals surface area contributed by atoms with Gasteiger partial charge in [-0.2, -0.15) is 0 Å². The molecule has 15 nitrogen and oxygen atoms in total. The molecule has 15 heteroatoms. The smallest absolute Gasteiger partial charge is 0.407 e. The number of carbonyl (C=O) groups excluding carboxylic acids is 4. The molecule has 3 fully saturated rings. The van der Waals surface area contributed by atoms with Gasteiger partial charge in [-0.05, 0) is 96.2 Å². The summed E-state index contributed by atoms with van der Waals surface area (Å²) in [5.74, 6) is 1.11. The molecule has 2 aliphatic heterocycles. The van der Waals surface area contributed by atoms with Gasteiger partial charge in [0, 0.05) is 18.7 Å². The number of hydrogen-bond acceptors (Lipinski definition) is 9. The Hall–Kier alpha value is -6.48. The van der Waals surface area contributed by atoms with Gasteiger partial charge in [0.25, 0.3) is 0 Å². The second-order valence-corrected chi connectivity index (χ2v) is 16.5. The summed E-state index contributed by atoms with van der Waals surface area (Å²) in [5, 5.41) is 7.74. The molecule has 4 heterocycles. The zero-order chi connectivity index (χ0) is 42.7. The molecule has 5 aromatic rings. The van der Waals surface area contributed by atoms with Crippen LogP contribution in [-0.2, 0) is 23.8 Å². The number of aromatic amines is 2. The monoisotopic (exact) mass is 840 g/mol. The van der Waals surface area contributed by atoms with Gasteiger partial charge in [0.2, 0.25) is 11.8 Å². The van der Waals surface area contributed by atoms with Crippen molar-refractivity contribution in [1.82, 2.24) is 40.4 Å². The largest absolute Gasteiger partial charge is 0.453 e. The van der Waals surface area contributed by atoms with Crippen molar-refractivity contribution in [2.75, 3.05) is 40.5 Å². The third kappa shape index (κ3) is 8.28. The molecule has 322 valence electrons. The Morgan fingerprint density at radius 1 is 0.774 bits per heavy atom. The van der Waals surface area contributed by atoms with Crippen molar-refractivity contribution in [3.05, 3.63) is 96.2 Å². The first-order valence-electron chi connectivity index (χ1n) is 21.6. The highest BCUT2D eigenvalue weighted by Crippen LogP contribution is 2.36. The standard InChI is InChI=1S/C47H52N8O7/c1-60-46(58)52-40(28-9-4-3-5-10-28)44(56)54-20-8-13-38(54)42-48-26-37(51-42)34-17-16-30-23-31(14-15-32(30)24-34)33-18-19-35-36(25-33)50-43(49-35)39-27-62-22-21-55(39)45(57)41(53-47(59)61-2)29-11-6-7-12-29/h3-4,10,14-19,23-26,29,38-41H,5-9,11-13,20-22,27H2,1-2H3,(H,48,51)(H,49,50)(H,52,58)(H,53,59)/t38-,39-,40-,41-/m0/s1. The molecule has 4 aliphatic rings. The first kappa shape index (κ1) is 40.9. The Kier molecular flexibility index (Phi) is 11.8. The van der Waals surface area contributed by atoms with E-state index in [0.717, 1.165) is 88.3 Å². The summed E-state index contributed by atoms with van der Waals surface area (Å²) in [6.07, 6.45) is 13.4. The lowest BCUT2D eigenvalue weighted by molar-refractivity contribution is -0.144. The number of imidazole rings is 2. The SMILES string of the molecule is COC(=O)N[C@H](C(=O)N1CCC[C@H]1c1ncc(-c2ccc3cc(-c4ccc5nc([C@@H]6COCCN6C(=O)[C@@H](NC(=O)OC)C6CCCC6)[nH]c5c4)ccc3c2)[nH]1)C1=CCC=CC1. The number of likely N-dealkylation sites (tertiary alicyclic amines) is 1. The molecule has 0 radical (unpaired) electrons. The van der Waals surface area contributed by atoms with Crippen LogP contribution in [0.5, 0.6) is 0 Å². The summed E-state index contributed by atoms with van der Waals surface area (Å²) in [6.45, 7) is 1.68. The Morgan fingerprint density at radius 3 is 2.27 bits per heavy atom. The predicted molar refractivity (Wildman–Crippen MR) is 233 cm³/mol. The minimum absolute atomic E-state index is 0.0580. The van der Waals surface area contributed by atoms with Gasteiger partial charge in [-0.1, -0.05) is 61.4 Å². The number of alkyl carbamates (subject to hydrolysis) is 2. The lowest BCUT2D eigenvalue weighted by Crippen LogP contribution is -2.55. The maximum absolute atomic E-state index is 14.1. The Labute approximate surface area is 359 Å². The summed E-state index contributed by atoms with van der Waals surface area (Å²) in [4.78, 5) is 73.0. The van der Waals surface area contributed by atoms with Crippen LogP contribution in [-0.4, -0.2) is 106 Å². The minimum Gasteiger partial charge on any atom is -0.453 e. The normalized spacial score (nSPS) is 20.3. The van der Waals surface area contributed by atoms with Crippen LogP contribution in [0, 0.1) is 5.92 Å². The van der Waals surface area contributed by atoms with Gasteiger partial charge in [-0.25, -0.2) is 19.6 Å². The highest BCUT2D eigenvalue weighted by molar-refractivity contribution is 5.92. The summed E-state index contributed by atoms with van der Waals surface area (Å²) in [5.41, 5.74) is 6.39. The number of amides is 4. The van der Waals surface area contributed by atoms with E-state index < -0.39 is 30.3 Å². The number of methoxy groups -OCH3 is 2. The molecule has 9 rings (SSSR count). The van der Waals surface area contributed by atoms with E-state index in [1.54, 1.807) is 4.90 Å². The number of aromatic nitrogens is 4. The number of fused-ring (bicyclic) bond motifs is 2. The maximum atomic E-state index is 14.1. The number of ether oxygens (including phenoxy) is 3. The van der Waals surface area contributed by atoms with Gasteiger partial charge in [-0.3, -0.25) is 9.59 Å². The quantitative estimate of drug-likeness (QED) is 0.105. The lowest BCUT2D eigenvalue weighted by atomic mass is 9.96. The molecule has 1 saturated carbocycles. The molecule has 0 bridgehead atoms. The van der Waals surface area contributed by atoms with Crippen LogP contribution in [0.15, 0.2) is 84.6 Å². The second-order valence-electron chi connectivity index (χ2n) is 16.5. The first-order chi connectivity index (χ1) is 30.3. The average molecular weight is 841 g/mol. The molecule has 4 amide bonds. The molecule has 2 aromatic heterocycles. The predicted octanol–water partition coefficient (Wildman–Crippen LogP) is 7.25. The minimum atomic E-state index is -0.801.